The number of rotatable bonds is 13. The lowest BCUT2D eigenvalue weighted by molar-refractivity contribution is -0.118. The van der Waals surface area contributed by atoms with E-state index >= 15 is 0 Å². The molecule has 3 aromatic carbocycles. The largest absolute Gasteiger partial charge is 0.492 e. The summed E-state index contributed by atoms with van der Waals surface area (Å²) in [6.45, 7) is 16.1. The van der Waals surface area contributed by atoms with E-state index in [9.17, 15) is 14.4 Å². The molecule has 0 aromatic heterocycles. The van der Waals surface area contributed by atoms with Crippen LogP contribution in [0.4, 0.5) is 10.5 Å². The standard InChI is InChI=1S/C37H49N5O7/c1-8-25(3)38-34(43)26-22-27(37(4,5)6)24-28(23-26)42(46-7)35(44)33(39-40-36(45)48-9-2)31-14-15-32(30-13-11-10-12-29(30)31)49-21-18-41-16-19-47-20-17-41/h10-15,22-25H,8-9,16-21H2,1-7H3,(H,38,43)(H,40,45). The van der Waals surface area contributed by atoms with E-state index in [1.165, 1.54) is 7.11 Å². The van der Waals surface area contributed by atoms with E-state index in [2.05, 4.69) is 20.7 Å². The van der Waals surface area contributed by atoms with Crippen LogP contribution in [0.1, 0.15) is 69.4 Å². The molecule has 12 nitrogen and oxygen atoms in total. The van der Waals surface area contributed by atoms with Gasteiger partial charge in [0.05, 0.1) is 32.6 Å². The second-order valence-electron chi connectivity index (χ2n) is 12.8. The van der Waals surface area contributed by atoms with Crippen LogP contribution in [0.2, 0.25) is 0 Å². The highest BCUT2D eigenvalue weighted by Crippen LogP contribution is 2.32. The van der Waals surface area contributed by atoms with Gasteiger partial charge < -0.3 is 19.5 Å². The summed E-state index contributed by atoms with van der Waals surface area (Å²) in [5, 5.41) is 9.79. The average Bonchev–Trinajstić information content (AvgIpc) is 3.09. The Morgan fingerprint density at radius 1 is 1.02 bits per heavy atom. The summed E-state index contributed by atoms with van der Waals surface area (Å²) < 4.78 is 16.7. The zero-order chi connectivity index (χ0) is 35.6. The van der Waals surface area contributed by atoms with Crippen LogP contribution in [0.15, 0.2) is 59.7 Å². The number of hydroxylamine groups is 1. The molecule has 1 saturated heterocycles. The highest BCUT2D eigenvalue weighted by atomic mass is 16.7. The summed E-state index contributed by atoms with van der Waals surface area (Å²) in [4.78, 5) is 48.2. The number of amides is 3. The van der Waals surface area contributed by atoms with Crippen molar-refractivity contribution in [3.63, 3.8) is 0 Å². The van der Waals surface area contributed by atoms with Crippen LogP contribution in [0, 0.1) is 0 Å². The molecule has 0 radical (unpaired) electrons. The van der Waals surface area contributed by atoms with Crippen LogP contribution < -0.4 is 20.5 Å². The molecular weight excluding hydrogens is 626 g/mol. The Morgan fingerprint density at radius 2 is 1.73 bits per heavy atom. The molecule has 49 heavy (non-hydrogen) atoms. The lowest BCUT2D eigenvalue weighted by Crippen LogP contribution is -2.39. The number of morpholine rings is 1. The van der Waals surface area contributed by atoms with Crippen LogP contribution in [-0.2, 0) is 24.5 Å². The van der Waals surface area contributed by atoms with Gasteiger partial charge in [0.1, 0.15) is 12.4 Å². The molecule has 3 amide bonds. The van der Waals surface area contributed by atoms with Crippen molar-refractivity contribution in [3.8, 4) is 5.75 Å². The van der Waals surface area contributed by atoms with Gasteiger partial charge in [-0.15, -0.1) is 0 Å². The van der Waals surface area contributed by atoms with Crippen molar-refractivity contribution >= 4 is 40.1 Å². The van der Waals surface area contributed by atoms with Crippen LogP contribution >= 0.6 is 0 Å². The maximum absolute atomic E-state index is 14.5. The van der Waals surface area contributed by atoms with E-state index in [0.717, 1.165) is 42.1 Å². The van der Waals surface area contributed by atoms with Crippen molar-refractivity contribution in [3.05, 3.63) is 71.3 Å². The summed E-state index contributed by atoms with van der Waals surface area (Å²) in [6.07, 6.45) is -0.0537. The van der Waals surface area contributed by atoms with Crippen molar-refractivity contribution < 1.29 is 33.4 Å². The SMILES string of the molecule is CCOC(=O)NN=C(C(=O)N(OC)c1cc(C(=O)NC(C)CC)cc(C(C)(C)C)c1)c1ccc(OCCN2CCOCC2)c2ccccc12. The molecule has 1 aliphatic rings. The van der Waals surface area contributed by atoms with Crippen LogP contribution in [0.3, 0.4) is 0 Å². The summed E-state index contributed by atoms with van der Waals surface area (Å²) >= 11 is 0. The second kappa shape index (κ2) is 17.2. The predicted molar refractivity (Wildman–Crippen MR) is 190 cm³/mol. The van der Waals surface area contributed by atoms with Gasteiger partial charge in [-0.1, -0.05) is 52.0 Å². The van der Waals surface area contributed by atoms with Crippen molar-refractivity contribution in [2.24, 2.45) is 5.10 Å². The highest BCUT2D eigenvalue weighted by Gasteiger charge is 2.29. The number of fused-ring (bicyclic) bond motifs is 1. The van der Waals surface area contributed by atoms with Gasteiger partial charge in [0.15, 0.2) is 5.71 Å². The summed E-state index contributed by atoms with van der Waals surface area (Å²) in [5.74, 6) is -0.292. The Bertz CT molecular complexity index is 1650. The number of benzene rings is 3. The van der Waals surface area contributed by atoms with Crippen molar-refractivity contribution in [1.29, 1.82) is 0 Å². The summed E-state index contributed by atoms with van der Waals surface area (Å²) in [7, 11) is 1.36. The quantitative estimate of drug-likeness (QED) is 0.182. The minimum Gasteiger partial charge on any atom is -0.492 e. The molecule has 264 valence electrons. The van der Waals surface area contributed by atoms with E-state index < -0.39 is 12.0 Å². The molecule has 0 bridgehead atoms. The summed E-state index contributed by atoms with van der Waals surface area (Å²) in [5.41, 5.74) is 3.83. The molecule has 4 rings (SSSR count). The Morgan fingerprint density at radius 3 is 2.39 bits per heavy atom. The van der Waals surface area contributed by atoms with Crippen molar-refractivity contribution in [1.82, 2.24) is 15.6 Å². The first kappa shape index (κ1) is 37.3. The number of anilines is 1. The van der Waals surface area contributed by atoms with Crippen molar-refractivity contribution in [2.75, 3.05) is 58.2 Å². The van der Waals surface area contributed by atoms with Gasteiger partial charge in [0.25, 0.3) is 5.91 Å². The molecular formula is C37H49N5O7. The Labute approximate surface area is 288 Å². The predicted octanol–water partition coefficient (Wildman–Crippen LogP) is 5.42. The first-order chi connectivity index (χ1) is 23.5. The zero-order valence-electron chi connectivity index (χ0n) is 29.6. The second-order valence-corrected chi connectivity index (χ2v) is 12.8. The van der Waals surface area contributed by atoms with Gasteiger partial charge in [-0.2, -0.15) is 10.2 Å². The Balaban J connectivity index is 1.76. The molecule has 3 aromatic rings. The fraction of sp³-hybridized carbons (Fsp3) is 0.459. The molecule has 1 atom stereocenters. The third kappa shape index (κ3) is 9.78. The highest BCUT2D eigenvalue weighted by molar-refractivity contribution is 6.50. The third-order valence-electron chi connectivity index (χ3n) is 8.28. The lowest BCUT2D eigenvalue weighted by atomic mass is 9.85. The van der Waals surface area contributed by atoms with Crippen LogP contribution in [0.5, 0.6) is 5.75 Å². The van der Waals surface area contributed by atoms with Gasteiger partial charge in [0, 0.05) is 42.2 Å². The summed E-state index contributed by atoms with van der Waals surface area (Å²) in [6, 6.07) is 16.2. The van der Waals surface area contributed by atoms with Gasteiger partial charge in [-0.25, -0.2) is 10.2 Å². The Hall–Kier alpha value is -4.52. The number of ether oxygens (including phenoxy) is 3. The smallest absolute Gasteiger partial charge is 0.427 e. The molecule has 0 aliphatic carbocycles. The zero-order valence-corrected chi connectivity index (χ0v) is 29.6. The first-order valence-corrected chi connectivity index (χ1v) is 16.8. The minimum absolute atomic E-state index is 0.0401. The molecule has 0 spiro atoms. The number of nitrogens with one attached hydrogen (secondary N) is 2. The molecule has 1 aliphatic heterocycles. The topological polar surface area (TPSA) is 131 Å². The van der Waals surface area contributed by atoms with E-state index in [0.29, 0.717) is 47.8 Å². The Kier molecular flexibility index (Phi) is 13.1. The molecule has 1 unspecified atom stereocenters. The molecule has 12 heteroatoms. The van der Waals surface area contributed by atoms with E-state index in [4.69, 9.17) is 19.0 Å². The van der Waals surface area contributed by atoms with Crippen LogP contribution in [0.25, 0.3) is 10.8 Å². The fourth-order valence-electron chi connectivity index (χ4n) is 5.30. The molecule has 1 fully saturated rings. The maximum Gasteiger partial charge on any atom is 0.427 e. The number of hydrogen-bond acceptors (Lipinski definition) is 9. The lowest BCUT2D eigenvalue weighted by Gasteiger charge is -2.26. The first-order valence-electron chi connectivity index (χ1n) is 16.8. The number of hydrazone groups is 1. The number of nitrogens with zero attached hydrogens (tertiary/aromatic N) is 3. The van der Waals surface area contributed by atoms with E-state index in [1.54, 1.807) is 31.2 Å². The average molecular weight is 676 g/mol. The normalized spacial score (nSPS) is 14.6. The van der Waals surface area contributed by atoms with Crippen molar-refractivity contribution in [2.45, 2.75) is 59.4 Å². The maximum atomic E-state index is 14.5. The van der Waals surface area contributed by atoms with Gasteiger partial charge in [-0.05, 0) is 67.0 Å². The van der Waals surface area contributed by atoms with E-state index in [-0.39, 0.29) is 29.7 Å². The minimum atomic E-state index is -0.817. The monoisotopic (exact) mass is 675 g/mol. The van der Waals surface area contributed by atoms with Crippen LogP contribution in [-0.4, -0.2) is 87.7 Å². The van der Waals surface area contributed by atoms with Gasteiger partial charge in [0.2, 0.25) is 0 Å². The number of carbonyl (C=O) groups is 3. The fourth-order valence-corrected chi connectivity index (χ4v) is 5.30. The van der Waals surface area contributed by atoms with Gasteiger partial charge in [-0.3, -0.25) is 19.3 Å². The van der Waals surface area contributed by atoms with E-state index in [1.807, 2.05) is 65.0 Å². The number of hydrogen-bond donors (Lipinski definition) is 2. The molecule has 2 N–H and O–H groups in total. The molecule has 0 saturated carbocycles. The van der Waals surface area contributed by atoms with Gasteiger partial charge >= 0.3 is 12.0 Å². The number of carbonyl (C=O) groups excluding carboxylic acids is 3. The third-order valence-corrected chi connectivity index (χ3v) is 8.28. The molecule has 1 heterocycles.